The number of hydrogen-bond donors (Lipinski definition) is 2. The molecular formula is C21H37IN4O4. The molecule has 0 saturated carbocycles. The van der Waals surface area contributed by atoms with E-state index in [9.17, 15) is 5.11 Å². The molecule has 1 aliphatic heterocycles. The molecule has 1 saturated heterocycles. The lowest BCUT2D eigenvalue weighted by atomic mass is 10.1. The molecule has 8 nitrogen and oxygen atoms in total. The highest BCUT2D eigenvalue weighted by molar-refractivity contribution is 14.0. The number of nitrogens with zero attached hydrogens (tertiary/aromatic N) is 3. The summed E-state index contributed by atoms with van der Waals surface area (Å²) >= 11 is 0. The maximum Gasteiger partial charge on any atom is 0.203 e. The molecule has 1 fully saturated rings. The van der Waals surface area contributed by atoms with Gasteiger partial charge in [0.05, 0.1) is 21.3 Å². The van der Waals surface area contributed by atoms with Crippen LogP contribution in [0.2, 0.25) is 0 Å². The highest BCUT2D eigenvalue weighted by Crippen LogP contribution is 2.38. The van der Waals surface area contributed by atoms with Crippen LogP contribution in [0, 0.1) is 5.92 Å². The van der Waals surface area contributed by atoms with E-state index in [4.69, 9.17) is 14.2 Å². The van der Waals surface area contributed by atoms with Crippen molar-refractivity contribution in [2.75, 3.05) is 67.2 Å². The van der Waals surface area contributed by atoms with E-state index in [1.807, 2.05) is 19.1 Å². The van der Waals surface area contributed by atoms with Gasteiger partial charge in [-0.25, -0.2) is 0 Å². The highest BCUT2D eigenvalue weighted by Gasteiger charge is 2.21. The third-order valence-electron chi connectivity index (χ3n) is 5.00. The third kappa shape index (κ3) is 7.35. The zero-order chi connectivity index (χ0) is 21.2. The molecule has 1 aromatic rings. The van der Waals surface area contributed by atoms with Crippen molar-refractivity contribution in [3.05, 3.63) is 17.7 Å². The first-order valence-electron chi connectivity index (χ1n) is 10.2. The van der Waals surface area contributed by atoms with Gasteiger partial charge in [-0.1, -0.05) is 6.92 Å². The van der Waals surface area contributed by atoms with Gasteiger partial charge in [-0.15, -0.1) is 24.0 Å². The second kappa shape index (κ2) is 13.8. The molecule has 1 aliphatic rings. The monoisotopic (exact) mass is 536 g/mol. The van der Waals surface area contributed by atoms with Crippen LogP contribution in [0.25, 0.3) is 0 Å². The summed E-state index contributed by atoms with van der Waals surface area (Å²) in [5, 5.41) is 12.6. The average molecular weight is 536 g/mol. The number of methoxy groups -OCH3 is 3. The Morgan fingerprint density at radius 1 is 1.10 bits per heavy atom. The molecule has 0 spiro atoms. The van der Waals surface area contributed by atoms with E-state index in [1.165, 1.54) is 0 Å². The third-order valence-corrected chi connectivity index (χ3v) is 5.00. The molecule has 0 aliphatic carbocycles. The number of rotatable bonds is 9. The number of aliphatic hydroxyl groups is 1. The topological polar surface area (TPSA) is 78.8 Å². The van der Waals surface area contributed by atoms with Gasteiger partial charge in [0.15, 0.2) is 17.5 Å². The summed E-state index contributed by atoms with van der Waals surface area (Å²) in [5.74, 6) is 3.08. The molecule has 172 valence electrons. The van der Waals surface area contributed by atoms with Crippen molar-refractivity contribution in [1.29, 1.82) is 0 Å². The van der Waals surface area contributed by atoms with Crippen LogP contribution in [-0.2, 0) is 6.54 Å². The Hall–Kier alpha value is -1.46. The quantitative estimate of drug-likeness (QED) is 0.284. The van der Waals surface area contributed by atoms with Crippen molar-refractivity contribution in [3.63, 3.8) is 0 Å². The van der Waals surface area contributed by atoms with Crippen LogP contribution in [0.5, 0.6) is 17.2 Å². The van der Waals surface area contributed by atoms with E-state index in [0.717, 1.165) is 50.8 Å². The first kappa shape index (κ1) is 26.6. The number of piperazine rings is 1. The summed E-state index contributed by atoms with van der Waals surface area (Å²) in [6, 6.07) is 4.02. The molecular weight excluding hydrogens is 499 g/mol. The molecule has 1 heterocycles. The zero-order valence-electron chi connectivity index (χ0n) is 18.8. The first-order chi connectivity index (χ1) is 14.1. The smallest absolute Gasteiger partial charge is 0.203 e. The maximum atomic E-state index is 9.23. The van der Waals surface area contributed by atoms with Crippen LogP contribution >= 0.6 is 24.0 Å². The molecule has 2 rings (SSSR count). The van der Waals surface area contributed by atoms with Crippen molar-refractivity contribution in [1.82, 2.24) is 15.1 Å². The molecule has 1 unspecified atom stereocenters. The zero-order valence-corrected chi connectivity index (χ0v) is 21.1. The van der Waals surface area contributed by atoms with E-state index in [2.05, 4.69) is 27.0 Å². The number of hydrogen-bond acceptors (Lipinski definition) is 6. The molecule has 1 aromatic carbocycles. The summed E-state index contributed by atoms with van der Waals surface area (Å²) < 4.78 is 16.3. The number of ether oxygens (including phenoxy) is 3. The van der Waals surface area contributed by atoms with Gasteiger partial charge >= 0.3 is 0 Å². The fraction of sp³-hybridized carbons (Fsp3) is 0.667. The van der Waals surface area contributed by atoms with Crippen molar-refractivity contribution in [3.8, 4) is 17.2 Å². The number of aliphatic hydroxyl groups excluding tert-OH is 1. The first-order valence-corrected chi connectivity index (χ1v) is 10.2. The lowest BCUT2D eigenvalue weighted by Crippen LogP contribution is -2.52. The van der Waals surface area contributed by atoms with Crippen molar-refractivity contribution in [2.24, 2.45) is 10.9 Å². The maximum absolute atomic E-state index is 9.23. The molecule has 0 bridgehead atoms. The highest BCUT2D eigenvalue weighted by atomic mass is 127. The van der Waals surface area contributed by atoms with E-state index in [-0.39, 0.29) is 36.5 Å². The van der Waals surface area contributed by atoms with E-state index >= 15 is 0 Å². The van der Waals surface area contributed by atoms with Gasteiger partial charge in [-0.05, 0) is 30.5 Å². The minimum absolute atomic E-state index is 0. The van der Waals surface area contributed by atoms with Crippen LogP contribution in [0.4, 0.5) is 0 Å². The van der Waals surface area contributed by atoms with Crippen LogP contribution in [0.1, 0.15) is 19.4 Å². The largest absolute Gasteiger partial charge is 0.493 e. The van der Waals surface area contributed by atoms with Crippen molar-refractivity contribution < 1.29 is 19.3 Å². The Morgan fingerprint density at radius 3 is 2.17 bits per heavy atom. The number of guanidine groups is 1. The molecule has 0 aromatic heterocycles. The van der Waals surface area contributed by atoms with Gasteiger partial charge in [0.2, 0.25) is 5.75 Å². The van der Waals surface area contributed by atoms with Gasteiger partial charge < -0.3 is 29.5 Å². The predicted molar refractivity (Wildman–Crippen MR) is 131 cm³/mol. The van der Waals surface area contributed by atoms with Crippen molar-refractivity contribution in [2.45, 2.75) is 20.4 Å². The molecule has 0 radical (unpaired) electrons. The summed E-state index contributed by atoms with van der Waals surface area (Å²) in [5.41, 5.74) is 1.13. The van der Waals surface area contributed by atoms with E-state index in [0.29, 0.717) is 23.8 Å². The fourth-order valence-corrected chi connectivity index (χ4v) is 3.33. The van der Waals surface area contributed by atoms with Crippen molar-refractivity contribution >= 4 is 29.9 Å². The summed E-state index contributed by atoms with van der Waals surface area (Å²) in [7, 11) is 4.89. The average Bonchev–Trinajstić information content (AvgIpc) is 2.76. The molecule has 1 atom stereocenters. The molecule has 2 N–H and O–H groups in total. The van der Waals surface area contributed by atoms with E-state index in [1.54, 1.807) is 21.3 Å². The minimum atomic E-state index is 0. The minimum Gasteiger partial charge on any atom is -0.493 e. The van der Waals surface area contributed by atoms with Gasteiger partial charge in [0.25, 0.3) is 0 Å². The van der Waals surface area contributed by atoms with Gasteiger partial charge in [-0.2, -0.15) is 0 Å². The number of benzene rings is 1. The standard InChI is InChI=1S/C21H36N4O4.HI/c1-6-22-21(23-13-16(2)15-26)25-9-7-24(8-10-25)14-17-11-18(27-3)20(29-5)19(12-17)28-4;/h11-12,16,26H,6-10,13-15H2,1-5H3,(H,22,23);1H. The SMILES string of the molecule is CCNC(=NCC(C)CO)N1CCN(Cc2cc(OC)c(OC)c(OC)c2)CC1.I. The second-order valence-electron chi connectivity index (χ2n) is 7.28. The van der Waals surface area contributed by atoms with E-state index < -0.39 is 0 Å². The van der Waals surface area contributed by atoms with Crippen LogP contribution in [0.3, 0.4) is 0 Å². The fourth-order valence-electron chi connectivity index (χ4n) is 3.33. The number of halogens is 1. The van der Waals surface area contributed by atoms with Gasteiger partial charge in [0, 0.05) is 52.4 Å². The number of aliphatic imine (C=N–C) groups is 1. The van der Waals surface area contributed by atoms with Crippen LogP contribution in [-0.4, -0.2) is 88.1 Å². The molecule has 9 heteroatoms. The van der Waals surface area contributed by atoms with Crippen LogP contribution < -0.4 is 19.5 Å². The summed E-state index contributed by atoms with van der Waals surface area (Å²) in [6.45, 7) is 10.2. The Bertz CT molecular complexity index is 641. The molecule has 0 amide bonds. The summed E-state index contributed by atoms with van der Waals surface area (Å²) in [6.07, 6.45) is 0. The predicted octanol–water partition coefficient (Wildman–Crippen LogP) is 2.04. The Morgan fingerprint density at radius 2 is 1.70 bits per heavy atom. The Balaban J connectivity index is 0.00000450. The normalized spacial score (nSPS) is 15.9. The number of nitrogens with one attached hydrogen (secondary N) is 1. The van der Waals surface area contributed by atoms with Crippen LogP contribution in [0.15, 0.2) is 17.1 Å². The van der Waals surface area contributed by atoms with Gasteiger partial charge in [0.1, 0.15) is 0 Å². The molecule has 30 heavy (non-hydrogen) atoms. The Kier molecular flexibility index (Phi) is 12.2. The lowest BCUT2D eigenvalue weighted by molar-refractivity contribution is 0.171. The summed E-state index contributed by atoms with van der Waals surface area (Å²) in [4.78, 5) is 9.39. The second-order valence-corrected chi connectivity index (χ2v) is 7.28. The van der Waals surface area contributed by atoms with Gasteiger partial charge in [-0.3, -0.25) is 9.89 Å². The lowest BCUT2D eigenvalue weighted by Gasteiger charge is -2.36. The Labute approximate surface area is 197 Å².